The minimum absolute atomic E-state index is 0.129. The summed E-state index contributed by atoms with van der Waals surface area (Å²) in [6, 6.07) is 11.3. The summed E-state index contributed by atoms with van der Waals surface area (Å²) in [4.78, 5) is 16.6. The molecule has 26 heavy (non-hydrogen) atoms. The average molecular weight is 354 g/mol. The van der Waals surface area contributed by atoms with Crippen LogP contribution in [0.1, 0.15) is 44.6 Å². The molecule has 5 heteroatoms. The first-order chi connectivity index (χ1) is 12.8. The van der Waals surface area contributed by atoms with Crippen molar-refractivity contribution in [3.63, 3.8) is 0 Å². The molecule has 0 atom stereocenters. The quantitative estimate of drug-likeness (QED) is 0.760. The van der Waals surface area contributed by atoms with E-state index in [1.807, 2.05) is 36.4 Å². The molecule has 1 amide bonds. The van der Waals surface area contributed by atoms with Gasteiger partial charge in [0, 0.05) is 24.2 Å². The predicted octanol–water partition coefficient (Wildman–Crippen LogP) is 4.47. The van der Waals surface area contributed by atoms with Gasteiger partial charge in [-0.15, -0.1) is 0 Å². The number of rotatable bonds is 8. The summed E-state index contributed by atoms with van der Waals surface area (Å²) in [6.45, 7) is 3.11. The SMILES string of the molecule is CCCOc1ccccc1Oc1ncccc1CNC(=O)C1CCCC1. The third-order valence-electron chi connectivity index (χ3n) is 4.55. The molecule has 1 saturated carbocycles. The van der Waals surface area contributed by atoms with Crippen molar-refractivity contribution < 1.29 is 14.3 Å². The number of hydrogen-bond donors (Lipinski definition) is 1. The lowest BCUT2D eigenvalue weighted by Crippen LogP contribution is -2.28. The topological polar surface area (TPSA) is 60.5 Å². The van der Waals surface area contributed by atoms with Crippen molar-refractivity contribution in [2.75, 3.05) is 6.61 Å². The van der Waals surface area contributed by atoms with Crippen LogP contribution < -0.4 is 14.8 Å². The molecule has 0 saturated heterocycles. The molecule has 0 unspecified atom stereocenters. The van der Waals surface area contributed by atoms with E-state index in [9.17, 15) is 4.79 Å². The smallest absolute Gasteiger partial charge is 0.224 e. The van der Waals surface area contributed by atoms with Crippen LogP contribution >= 0.6 is 0 Å². The summed E-state index contributed by atoms with van der Waals surface area (Å²) in [5, 5.41) is 3.03. The maximum absolute atomic E-state index is 12.3. The van der Waals surface area contributed by atoms with Crippen molar-refractivity contribution in [1.82, 2.24) is 10.3 Å². The lowest BCUT2D eigenvalue weighted by molar-refractivity contribution is -0.124. The maximum Gasteiger partial charge on any atom is 0.224 e. The van der Waals surface area contributed by atoms with Crippen LogP contribution in [0.3, 0.4) is 0 Å². The molecule has 2 aromatic rings. The van der Waals surface area contributed by atoms with Gasteiger partial charge >= 0.3 is 0 Å². The van der Waals surface area contributed by atoms with Gasteiger partial charge in [0.15, 0.2) is 11.5 Å². The van der Waals surface area contributed by atoms with Crippen LogP contribution in [-0.4, -0.2) is 17.5 Å². The maximum atomic E-state index is 12.3. The van der Waals surface area contributed by atoms with E-state index in [0.717, 1.165) is 37.7 Å². The van der Waals surface area contributed by atoms with E-state index in [0.29, 0.717) is 30.5 Å². The highest BCUT2D eigenvalue weighted by Gasteiger charge is 2.22. The van der Waals surface area contributed by atoms with Crippen LogP contribution in [0, 0.1) is 5.92 Å². The van der Waals surface area contributed by atoms with Crippen LogP contribution in [0.5, 0.6) is 17.4 Å². The average Bonchev–Trinajstić information content (AvgIpc) is 3.21. The number of benzene rings is 1. The molecule has 1 fully saturated rings. The van der Waals surface area contributed by atoms with Gasteiger partial charge in [-0.1, -0.05) is 38.0 Å². The first-order valence-electron chi connectivity index (χ1n) is 9.39. The van der Waals surface area contributed by atoms with Gasteiger partial charge in [0.25, 0.3) is 0 Å². The zero-order valence-corrected chi connectivity index (χ0v) is 15.2. The number of hydrogen-bond acceptors (Lipinski definition) is 4. The first-order valence-corrected chi connectivity index (χ1v) is 9.39. The van der Waals surface area contributed by atoms with Crippen molar-refractivity contribution in [3.8, 4) is 17.4 Å². The van der Waals surface area contributed by atoms with Crippen LogP contribution in [0.15, 0.2) is 42.6 Å². The Morgan fingerprint density at radius 1 is 1.15 bits per heavy atom. The van der Waals surface area contributed by atoms with Gasteiger partial charge in [0.1, 0.15) is 0 Å². The molecule has 0 radical (unpaired) electrons. The molecule has 0 bridgehead atoms. The van der Waals surface area contributed by atoms with Gasteiger partial charge in [0.05, 0.1) is 6.61 Å². The Labute approximate surface area is 154 Å². The number of ether oxygens (including phenoxy) is 2. The van der Waals surface area contributed by atoms with E-state index < -0.39 is 0 Å². The molecular weight excluding hydrogens is 328 g/mol. The normalized spacial score (nSPS) is 14.2. The number of pyridine rings is 1. The minimum atomic E-state index is 0.129. The molecule has 1 aliphatic carbocycles. The van der Waals surface area contributed by atoms with Crippen molar-refractivity contribution in [1.29, 1.82) is 0 Å². The van der Waals surface area contributed by atoms with Crippen LogP contribution in [0.25, 0.3) is 0 Å². The Bertz CT molecular complexity index is 727. The van der Waals surface area contributed by atoms with Crippen molar-refractivity contribution in [2.45, 2.75) is 45.6 Å². The summed E-state index contributed by atoms with van der Waals surface area (Å²) in [6.07, 6.45) is 6.89. The van der Waals surface area contributed by atoms with E-state index in [4.69, 9.17) is 9.47 Å². The number of nitrogens with one attached hydrogen (secondary N) is 1. The minimum Gasteiger partial charge on any atom is -0.490 e. The number of carbonyl (C=O) groups is 1. The number of aromatic nitrogens is 1. The molecule has 1 aliphatic rings. The Morgan fingerprint density at radius 2 is 1.92 bits per heavy atom. The monoisotopic (exact) mass is 354 g/mol. The fourth-order valence-electron chi connectivity index (χ4n) is 3.14. The molecule has 1 aromatic carbocycles. The van der Waals surface area contributed by atoms with Gasteiger partial charge in [-0.25, -0.2) is 4.98 Å². The summed E-state index contributed by atoms with van der Waals surface area (Å²) in [7, 11) is 0. The Balaban J connectivity index is 1.68. The summed E-state index contributed by atoms with van der Waals surface area (Å²) in [5.41, 5.74) is 0.851. The van der Waals surface area contributed by atoms with E-state index in [1.165, 1.54) is 0 Å². The summed E-state index contributed by atoms with van der Waals surface area (Å²) >= 11 is 0. The van der Waals surface area contributed by atoms with Crippen LogP contribution in [0.2, 0.25) is 0 Å². The van der Waals surface area contributed by atoms with Gasteiger partial charge in [-0.2, -0.15) is 0 Å². The highest BCUT2D eigenvalue weighted by Crippen LogP contribution is 2.32. The predicted molar refractivity (Wildman–Crippen MR) is 100 cm³/mol. The van der Waals surface area contributed by atoms with Crippen molar-refractivity contribution >= 4 is 5.91 Å². The van der Waals surface area contributed by atoms with Gasteiger partial charge in [-0.05, 0) is 37.5 Å². The Kier molecular flexibility index (Phi) is 6.47. The third-order valence-corrected chi connectivity index (χ3v) is 4.55. The second-order valence-corrected chi connectivity index (χ2v) is 6.56. The van der Waals surface area contributed by atoms with Crippen LogP contribution in [0.4, 0.5) is 0 Å². The molecule has 0 spiro atoms. The second kappa shape index (κ2) is 9.22. The van der Waals surface area contributed by atoms with E-state index >= 15 is 0 Å². The summed E-state index contributed by atoms with van der Waals surface area (Å²) < 4.78 is 11.7. The van der Waals surface area contributed by atoms with Crippen molar-refractivity contribution in [2.24, 2.45) is 5.92 Å². The Morgan fingerprint density at radius 3 is 2.69 bits per heavy atom. The van der Waals surface area contributed by atoms with E-state index in [1.54, 1.807) is 6.20 Å². The largest absolute Gasteiger partial charge is 0.490 e. The molecule has 3 rings (SSSR count). The lowest BCUT2D eigenvalue weighted by atomic mass is 10.1. The van der Waals surface area contributed by atoms with Gasteiger partial charge < -0.3 is 14.8 Å². The fourth-order valence-corrected chi connectivity index (χ4v) is 3.14. The fraction of sp³-hybridized carbons (Fsp3) is 0.429. The molecule has 138 valence electrons. The molecule has 1 N–H and O–H groups in total. The third kappa shape index (κ3) is 4.75. The van der Waals surface area contributed by atoms with Crippen molar-refractivity contribution in [3.05, 3.63) is 48.2 Å². The Hall–Kier alpha value is -2.56. The number of amides is 1. The van der Waals surface area contributed by atoms with E-state index in [-0.39, 0.29) is 11.8 Å². The molecular formula is C21H26N2O3. The van der Waals surface area contributed by atoms with Gasteiger partial charge in [-0.3, -0.25) is 4.79 Å². The number of carbonyl (C=O) groups excluding carboxylic acids is 1. The van der Waals surface area contributed by atoms with Crippen LogP contribution in [-0.2, 0) is 11.3 Å². The first kappa shape index (κ1) is 18.2. The number of nitrogens with zero attached hydrogens (tertiary/aromatic N) is 1. The second-order valence-electron chi connectivity index (χ2n) is 6.56. The lowest BCUT2D eigenvalue weighted by Gasteiger charge is -2.15. The number of para-hydroxylation sites is 2. The zero-order chi connectivity index (χ0) is 18.2. The zero-order valence-electron chi connectivity index (χ0n) is 15.2. The molecule has 5 nitrogen and oxygen atoms in total. The molecule has 1 aromatic heterocycles. The highest BCUT2D eigenvalue weighted by atomic mass is 16.5. The standard InChI is InChI=1S/C21H26N2O3/c1-2-14-25-18-11-5-6-12-19(18)26-21-17(10-7-13-22-21)15-23-20(24)16-8-3-4-9-16/h5-7,10-13,16H,2-4,8-9,14-15H2,1H3,(H,23,24). The van der Waals surface area contributed by atoms with Gasteiger partial charge in [0.2, 0.25) is 11.8 Å². The molecule has 0 aliphatic heterocycles. The molecule has 1 heterocycles. The highest BCUT2D eigenvalue weighted by molar-refractivity contribution is 5.78. The summed E-state index contributed by atoms with van der Waals surface area (Å²) in [5.74, 6) is 2.10. The van der Waals surface area contributed by atoms with E-state index in [2.05, 4.69) is 17.2 Å².